The van der Waals surface area contributed by atoms with Crippen LogP contribution in [0.25, 0.3) is 5.69 Å². The molecule has 0 aliphatic rings. The Morgan fingerprint density at radius 3 is 2.50 bits per heavy atom. The monoisotopic (exact) mass is 415 g/mol. The third kappa shape index (κ3) is 4.77. The number of benzene rings is 1. The molecule has 9 heteroatoms. The van der Waals surface area contributed by atoms with E-state index in [4.69, 9.17) is 10.8 Å². The molecule has 3 rings (SSSR count). The van der Waals surface area contributed by atoms with Crippen molar-refractivity contribution >= 4 is 39.7 Å². The molecule has 148 valence electrons. The van der Waals surface area contributed by atoms with Crippen LogP contribution in [-0.2, 0) is 5.41 Å². The second kappa shape index (κ2) is 8.40. The van der Waals surface area contributed by atoms with Crippen molar-refractivity contribution in [1.82, 2.24) is 20.0 Å². The average molecular weight is 416 g/mol. The lowest BCUT2D eigenvalue weighted by Crippen LogP contribution is -2.13. The highest BCUT2D eigenvalue weighted by molar-refractivity contribution is 8.01. The molecule has 28 heavy (non-hydrogen) atoms. The first-order valence-electron chi connectivity index (χ1n) is 9.08. The van der Waals surface area contributed by atoms with E-state index in [-0.39, 0.29) is 5.41 Å². The zero-order valence-electron chi connectivity index (χ0n) is 16.7. The zero-order chi connectivity index (χ0) is 20.3. The van der Waals surface area contributed by atoms with Crippen LogP contribution in [0.5, 0.6) is 0 Å². The van der Waals surface area contributed by atoms with Crippen LogP contribution in [0.3, 0.4) is 0 Å². The zero-order valence-corrected chi connectivity index (χ0v) is 18.4. The van der Waals surface area contributed by atoms with Crippen LogP contribution < -0.4 is 5.73 Å². The molecule has 0 radical (unpaired) electrons. The number of rotatable bonds is 6. The Bertz CT molecular complexity index is 953. The number of para-hydroxylation sites is 1. The van der Waals surface area contributed by atoms with Gasteiger partial charge in [-0.1, -0.05) is 75.9 Å². The largest absolute Gasteiger partial charge is 0.382 e. The van der Waals surface area contributed by atoms with E-state index in [0.29, 0.717) is 22.6 Å². The summed E-state index contributed by atoms with van der Waals surface area (Å²) in [5.41, 5.74) is 8.40. The van der Waals surface area contributed by atoms with Crippen LogP contribution >= 0.6 is 23.1 Å². The van der Waals surface area contributed by atoms with Gasteiger partial charge in [0.05, 0.1) is 11.4 Å². The van der Waals surface area contributed by atoms with Crippen LogP contribution in [0.15, 0.2) is 44.9 Å². The summed E-state index contributed by atoms with van der Waals surface area (Å²) in [6.45, 7) is 10.6. The van der Waals surface area contributed by atoms with E-state index < -0.39 is 0 Å². The number of nitrogens with zero attached hydrogens (tertiary/aromatic N) is 6. The molecule has 0 aliphatic heterocycles. The molecule has 0 bridgehead atoms. The molecule has 2 aromatic heterocycles. The number of thioether (sulfide) groups is 1. The smallest absolute Gasteiger partial charge is 0.252 e. The van der Waals surface area contributed by atoms with Crippen LogP contribution in [0, 0.1) is 5.92 Å². The van der Waals surface area contributed by atoms with Gasteiger partial charge in [0.1, 0.15) is 0 Å². The second-order valence-corrected chi connectivity index (χ2v) is 10.1. The number of hydrogen-bond donors (Lipinski definition) is 1. The number of hydrogen-bond acceptors (Lipinski definition) is 8. The summed E-state index contributed by atoms with van der Waals surface area (Å²) >= 11 is 3.11. The maximum absolute atomic E-state index is 6.39. The standard InChI is InChI=1S/C19H25N7S2/c1-12(2)11-27-18-24-23-17(28-18)22-21-14-15(19(3,4)5)25-26(16(14)20)13-9-7-6-8-10-13/h6-10,12H,11,20H2,1-5H3. The molecule has 2 heterocycles. The Balaban J connectivity index is 1.93. The minimum absolute atomic E-state index is 0.234. The number of aromatic nitrogens is 4. The molecule has 0 saturated heterocycles. The molecule has 0 fully saturated rings. The van der Waals surface area contributed by atoms with E-state index in [0.717, 1.165) is 21.5 Å². The molecule has 0 unspecified atom stereocenters. The van der Waals surface area contributed by atoms with E-state index >= 15 is 0 Å². The molecule has 0 saturated carbocycles. The first-order chi connectivity index (χ1) is 13.3. The molecule has 0 aliphatic carbocycles. The predicted molar refractivity (Wildman–Crippen MR) is 116 cm³/mol. The van der Waals surface area contributed by atoms with Crippen LogP contribution in [0.2, 0.25) is 0 Å². The molecule has 2 N–H and O–H groups in total. The molecule has 0 atom stereocenters. The lowest BCUT2D eigenvalue weighted by atomic mass is 9.91. The Hall–Kier alpha value is -2.26. The summed E-state index contributed by atoms with van der Waals surface area (Å²) in [4.78, 5) is 0. The molecule has 0 spiro atoms. The molecule has 0 amide bonds. The van der Waals surface area contributed by atoms with Crippen molar-refractivity contribution < 1.29 is 0 Å². The van der Waals surface area contributed by atoms with E-state index in [1.807, 2.05) is 30.3 Å². The number of nitrogen functional groups attached to an aromatic ring is 1. The van der Waals surface area contributed by atoms with Gasteiger partial charge in [0, 0.05) is 11.2 Å². The van der Waals surface area contributed by atoms with Gasteiger partial charge in [-0.15, -0.1) is 20.4 Å². The molecule has 3 aromatic rings. The number of nitrogens with two attached hydrogens (primary N) is 1. The van der Waals surface area contributed by atoms with Crippen molar-refractivity contribution in [2.45, 2.75) is 44.4 Å². The maximum Gasteiger partial charge on any atom is 0.252 e. The fraction of sp³-hybridized carbons (Fsp3) is 0.421. The van der Waals surface area contributed by atoms with Crippen molar-refractivity contribution in [3.05, 3.63) is 36.0 Å². The summed E-state index contributed by atoms with van der Waals surface area (Å²) in [7, 11) is 0. The van der Waals surface area contributed by atoms with Crippen molar-refractivity contribution in [2.75, 3.05) is 11.5 Å². The fourth-order valence-corrected chi connectivity index (χ4v) is 4.06. The number of anilines is 1. The van der Waals surface area contributed by atoms with Crippen LogP contribution in [-0.4, -0.2) is 25.7 Å². The minimum Gasteiger partial charge on any atom is -0.382 e. The van der Waals surface area contributed by atoms with Crippen molar-refractivity contribution in [3.8, 4) is 5.69 Å². The van der Waals surface area contributed by atoms with E-state index in [9.17, 15) is 0 Å². The van der Waals surface area contributed by atoms with Gasteiger partial charge in [-0.2, -0.15) is 5.10 Å². The normalized spacial score (nSPS) is 12.4. The van der Waals surface area contributed by atoms with E-state index in [1.165, 1.54) is 11.3 Å². The third-order valence-electron chi connectivity index (χ3n) is 3.78. The highest BCUT2D eigenvalue weighted by atomic mass is 32.2. The fourth-order valence-electron chi connectivity index (χ4n) is 2.42. The quantitative estimate of drug-likeness (QED) is 0.407. The van der Waals surface area contributed by atoms with Gasteiger partial charge in [-0.05, 0) is 18.1 Å². The van der Waals surface area contributed by atoms with Gasteiger partial charge in [0.25, 0.3) is 5.13 Å². The van der Waals surface area contributed by atoms with E-state index in [1.54, 1.807) is 16.4 Å². The lowest BCUT2D eigenvalue weighted by molar-refractivity contribution is 0.561. The van der Waals surface area contributed by atoms with Crippen molar-refractivity contribution in [1.29, 1.82) is 0 Å². The summed E-state index contributed by atoms with van der Waals surface area (Å²) in [5, 5.41) is 22.2. The lowest BCUT2D eigenvalue weighted by Gasteiger charge is -2.15. The first kappa shape index (κ1) is 20.5. The van der Waals surface area contributed by atoms with Crippen LogP contribution in [0.4, 0.5) is 16.6 Å². The summed E-state index contributed by atoms with van der Waals surface area (Å²) < 4.78 is 2.60. The van der Waals surface area contributed by atoms with Gasteiger partial charge in [-0.3, -0.25) is 0 Å². The Kier molecular flexibility index (Phi) is 6.14. The summed E-state index contributed by atoms with van der Waals surface area (Å²) in [5.74, 6) is 2.05. The summed E-state index contributed by atoms with van der Waals surface area (Å²) in [6, 6.07) is 9.77. The SMILES string of the molecule is CC(C)CSc1nnc(N=Nc2c(C(C)(C)C)nn(-c3ccccc3)c2N)s1. The Morgan fingerprint density at radius 1 is 1.14 bits per heavy atom. The van der Waals surface area contributed by atoms with Gasteiger partial charge in [-0.25, -0.2) is 4.68 Å². The van der Waals surface area contributed by atoms with E-state index in [2.05, 4.69) is 55.0 Å². The average Bonchev–Trinajstić information content (AvgIpc) is 3.23. The predicted octanol–water partition coefficient (Wildman–Crippen LogP) is 5.77. The minimum atomic E-state index is -0.234. The summed E-state index contributed by atoms with van der Waals surface area (Å²) in [6.07, 6.45) is 0. The van der Waals surface area contributed by atoms with Crippen molar-refractivity contribution in [2.24, 2.45) is 16.1 Å². The first-order valence-corrected chi connectivity index (χ1v) is 10.9. The molecule has 1 aromatic carbocycles. The Morgan fingerprint density at radius 2 is 1.86 bits per heavy atom. The molecule has 7 nitrogen and oxygen atoms in total. The maximum atomic E-state index is 6.39. The highest BCUT2D eigenvalue weighted by Crippen LogP contribution is 2.38. The number of azo groups is 1. The molecular weight excluding hydrogens is 390 g/mol. The van der Waals surface area contributed by atoms with Gasteiger partial charge >= 0.3 is 0 Å². The highest BCUT2D eigenvalue weighted by Gasteiger charge is 2.26. The molecular formula is C19H25N7S2. The third-order valence-corrected chi connectivity index (χ3v) is 6.15. The second-order valence-electron chi connectivity index (χ2n) is 7.84. The van der Waals surface area contributed by atoms with Crippen LogP contribution in [0.1, 0.15) is 40.3 Å². The Labute approximate surface area is 173 Å². The van der Waals surface area contributed by atoms with Gasteiger partial charge < -0.3 is 5.73 Å². The topological polar surface area (TPSA) is 94.3 Å². The van der Waals surface area contributed by atoms with Crippen molar-refractivity contribution in [3.63, 3.8) is 0 Å². The van der Waals surface area contributed by atoms with Gasteiger partial charge in [0.2, 0.25) is 0 Å². The van der Waals surface area contributed by atoms with Gasteiger partial charge in [0.15, 0.2) is 15.8 Å².